The second-order valence-electron chi connectivity index (χ2n) is 7.17. The van der Waals surface area contributed by atoms with Gasteiger partial charge in [0.1, 0.15) is 0 Å². The first kappa shape index (κ1) is 18.5. The third-order valence-corrected chi connectivity index (χ3v) is 4.07. The fourth-order valence-corrected chi connectivity index (χ4v) is 2.77. The normalized spacial score (nSPS) is 13.6. The highest BCUT2D eigenvalue weighted by atomic mass is 16.3. The van der Waals surface area contributed by atoms with Gasteiger partial charge in [0.05, 0.1) is 12.1 Å². The first-order chi connectivity index (χ1) is 10.1. The van der Waals surface area contributed by atoms with Gasteiger partial charge in [0.15, 0.2) is 0 Å². The quantitative estimate of drug-likeness (QED) is 0.848. The van der Waals surface area contributed by atoms with E-state index in [-0.39, 0.29) is 17.5 Å². The second-order valence-corrected chi connectivity index (χ2v) is 7.17. The average molecular weight is 306 g/mol. The van der Waals surface area contributed by atoms with E-state index in [1.807, 2.05) is 18.2 Å². The number of hydrogen-bond donors (Lipinski definition) is 2. The third-order valence-electron chi connectivity index (χ3n) is 4.07. The number of rotatable bonds is 6. The van der Waals surface area contributed by atoms with Gasteiger partial charge in [0.25, 0.3) is 0 Å². The SMILES string of the molecule is CCC(NC(=O)N(C)CC(C)(C)O)C(C)(C)c1ccccc1. The molecule has 0 saturated carbocycles. The van der Waals surface area contributed by atoms with Crippen LogP contribution in [-0.2, 0) is 5.41 Å². The summed E-state index contributed by atoms with van der Waals surface area (Å²) in [4.78, 5) is 13.9. The molecule has 0 aromatic heterocycles. The number of nitrogens with zero attached hydrogens (tertiary/aromatic N) is 1. The molecule has 0 fully saturated rings. The molecular formula is C18H30N2O2. The Balaban J connectivity index is 2.82. The standard InChI is InChI=1S/C18H30N2O2/c1-7-15(18(4,5)14-11-9-8-10-12-14)19-16(21)20(6)13-17(2,3)22/h8-12,15,22H,7,13H2,1-6H3,(H,19,21). The van der Waals surface area contributed by atoms with Crippen molar-refractivity contribution in [3.05, 3.63) is 35.9 Å². The molecule has 0 aliphatic carbocycles. The number of amides is 2. The minimum atomic E-state index is -0.900. The molecule has 1 aromatic rings. The van der Waals surface area contributed by atoms with Crippen LogP contribution in [0, 0.1) is 0 Å². The molecule has 124 valence electrons. The van der Waals surface area contributed by atoms with Crippen LogP contribution in [0.25, 0.3) is 0 Å². The minimum Gasteiger partial charge on any atom is -0.389 e. The lowest BCUT2D eigenvalue weighted by molar-refractivity contribution is 0.0523. The summed E-state index contributed by atoms with van der Waals surface area (Å²) >= 11 is 0. The van der Waals surface area contributed by atoms with E-state index < -0.39 is 5.60 Å². The Kier molecular flexibility index (Phi) is 6.00. The van der Waals surface area contributed by atoms with E-state index in [1.54, 1.807) is 20.9 Å². The number of carbonyl (C=O) groups excluding carboxylic acids is 1. The summed E-state index contributed by atoms with van der Waals surface area (Å²) in [5.74, 6) is 0. The van der Waals surface area contributed by atoms with Gasteiger partial charge in [-0.05, 0) is 25.8 Å². The lowest BCUT2D eigenvalue weighted by Gasteiger charge is -2.36. The predicted molar refractivity (Wildman–Crippen MR) is 91.0 cm³/mol. The van der Waals surface area contributed by atoms with Gasteiger partial charge < -0.3 is 15.3 Å². The van der Waals surface area contributed by atoms with Crippen LogP contribution in [0.2, 0.25) is 0 Å². The molecule has 0 aliphatic rings. The predicted octanol–water partition coefficient (Wildman–Crippen LogP) is 3.16. The molecule has 1 aromatic carbocycles. The second kappa shape index (κ2) is 7.14. The molecule has 2 N–H and O–H groups in total. The summed E-state index contributed by atoms with van der Waals surface area (Å²) in [6.07, 6.45) is 0.837. The van der Waals surface area contributed by atoms with Gasteiger partial charge in [-0.3, -0.25) is 0 Å². The zero-order valence-corrected chi connectivity index (χ0v) is 14.7. The molecular weight excluding hydrogens is 276 g/mol. The molecule has 22 heavy (non-hydrogen) atoms. The van der Waals surface area contributed by atoms with Crippen LogP contribution in [0.5, 0.6) is 0 Å². The average Bonchev–Trinajstić information content (AvgIpc) is 2.43. The molecule has 0 heterocycles. The zero-order chi connectivity index (χ0) is 17.0. The fourth-order valence-electron chi connectivity index (χ4n) is 2.77. The van der Waals surface area contributed by atoms with E-state index in [1.165, 1.54) is 10.5 Å². The van der Waals surface area contributed by atoms with Crippen molar-refractivity contribution in [1.29, 1.82) is 0 Å². The Labute approximate surface area is 134 Å². The summed E-state index contributed by atoms with van der Waals surface area (Å²) in [5.41, 5.74) is 0.136. The van der Waals surface area contributed by atoms with Crippen LogP contribution < -0.4 is 5.32 Å². The Morgan fingerprint density at radius 1 is 1.23 bits per heavy atom. The Morgan fingerprint density at radius 2 is 1.77 bits per heavy atom. The molecule has 1 atom stereocenters. The van der Waals surface area contributed by atoms with Crippen molar-refractivity contribution in [1.82, 2.24) is 10.2 Å². The van der Waals surface area contributed by atoms with Crippen molar-refractivity contribution in [3.8, 4) is 0 Å². The van der Waals surface area contributed by atoms with Gasteiger partial charge in [-0.25, -0.2) is 4.79 Å². The van der Waals surface area contributed by atoms with E-state index in [0.717, 1.165) is 6.42 Å². The van der Waals surface area contributed by atoms with Crippen molar-refractivity contribution in [2.45, 2.75) is 58.1 Å². The Hall–Kier alpha value is -1.55. The van der Waals surface area contributed by atoms with Crippen LogP contribution in [0.4, 0.5) is 4.79 Å². The molecule has 0 spiro atoms. The van der Waals surface area contributed by atoms with Crippen molar-refractivity contribution in [2.24, 2.45) is 0 Å². The fraction of sp³-hybridized carbons (Fsp3) is 0.611. The van der Waals surface area contributed by atoms with E-state index in [4.69, 9.17) is 0 Å². The maximum absolute atomic E-state index is 12.4. The Morgan fingerprint density at radius 3 is 2.23 bits per heavy atom. The van der Waals surface area contributed by atoms with E-state index in [2.05, 4.69) is 38.2 Å². The van der Waals surface area contributed by atoms with Gasteiger partial charge in [0.2, 0.25) is 0 Å². The molecule has 0 aliphatic heterocycles. The van der Waals surface area contributed by atoms with Crippen LogP contribution in [0.1, 0.15) is 46.6 Å². The van der Waals surface area contributed by atoms with Crippen molar-refractivity contribution in [2.75, 3.05) is 13.6 Å². The number of nitrogens with one attached hydrogen (secondary N) is 1. The highest BCUT2D eigenvalue weighted by Gasteiger charge is 2.32. The monoisotopic (exact) mass is 306 g/mol. The van der Waals surface area contributed by atoms with Gasteiger partial charge in [0, 0.05) is 18.5 Å². The smallest absolute Gasteiger partial charge is 0.317 e. The van der Waals surface area contributed by atoms with E-state index >= 15 is 0 Å². The van der Waals surface area contributed by atoms with E-state index in [9.17, 15) is 9.90 Å². The zero-order valence-electron chi connectivity index (χ0n) is 14.7. The highest BCUT2D eigenvalue weighted by Crippen LogP contribution is 2.28. The van der Waals surface area contributed by atoms with E-state index in [0.29, 0.717) is 6.54 Å². The summed E-state index contributed by atoms with van der Waals surface area (Å²) in [7, 11) is 1.70. The number of aliphatic hydroxyl groups is 1. The first-order valence-corrected chi connectivity index (χ1v) is 7.87. The molecule has 4 nitrogen and oxygen atoms in total. The maximum Gasteiger partial charge on any atom is 0.317 e. The molecule has 0 radical (unpaired) electrons. The molecule has 1 rings (SSSR count). The lowest BCUT2D eigenvalue weighted by Crippen LogP contribution is -2.52. The number of hydrogen-bond acceptors (Lipinski definition) is 2. The van der Waals surface area contributed by atoms with Gasteiger partial charge in [-0.15, -0.1) is 0 Å². The summed E-state index contributed by atoms with van der Waals surface area (Å²) < 4.78 is 0. The summed E-state index contributed by atoms with van der Waals surface area (Å²) in [6, 6.07) is 10.1. The van der Waals surface area contributed by atoms with Crippen LogP contribution in [0.3, 0.4) is 0 Å². The molecule has 1 unspecified atom stereocenters. The highest BCUT2D eigenvalue weighted by molar-refractivity contribution is 5.74. The molecule has 2 amide bonds. The van der Waals surface area contributed by atoms with Crippen molar-refractivity contribution in [3.63, 3.8) is 0 Å². The number of likely N-dealkylation sites (N-methyl/N-ethyl adjacent to an activating group) is 1. The van der Waals surface area contributed by atoms with Crippen LogP contribution in [-0.4, -0.2) is 41.3 Å². The molecule has 0 saturated heterocycles. The summed E-state index contributed by atoms with van der Waals surface area (Å²) in [6.45, 7) is 10.1. The first-order valence-electron chi connectivity index (χ1n) is 7.87. The maximum atomic E-state index is 12.4. The largest absolute Gasteiger partial charge is 0.389 e. The number of carbonyl (C=O) groups is 1. The van der Waals surface area contributed by atoms with Crippen LogP contribution in [0.15, 0.2) is 30.3 Å². The van der Waals surface area contributed by atoms with Crippen molar-refractivity contribution >= 4 is 6.03 Å². The number of benzene rings is 1. The number of urea groups is 1. The van der Waals surface area contributed by atoms with Gasteiger partial charge in [-0.2, -0.15) is 0 Å². The lowest BCUT2D eigenvalue weighted by atomic mass is 9.76. The summed E-state index contributed by atoms with van der Waals surface area (Å²) in [5, 5.41) is 12.9. The topological polar surface area (TPSA) is 52.6 Å². The minimum absolute atomic E-state index is 0.0201. The Bertz CT molecular complexity index is 478. The third kappa shape index (κ3) is 5.02. The van der Waals surface area contributed by atoms with Crippen LogP contribution >= 0.6 is 0 Å². The molecule has 0 bridgehead atoms. The van der Waals surface area contributed by atoms with Gasteiger partial charge >= 0.3 is 6.03 Å². The van der Waals surface area contributed by atoms with Gasteiger partial charge in [-0.1, -0.05) is 51.1 Å². The van der Waals surface area contributed by atoms with Crippen molar-refractivity contribution < 1.29 is 9.90 Å². The molecule has 4 heteroatoms.